The van der Waals surface area contributed by atoms with Gasteiger partial charge in [-0.2, -0.15) is 0 Å². The van der Waals surface area contributed by atoms with E-state index in [1.165, 1.54) is 12.8 Å². The van der Waals surface area contributed by atoms with Crippen LogP contribution in [0.25, 0.3) is 0 Å². The van der Waals surface area contributed by atoms with Crippen LogP contribution in [0.15, 0.2) is 24.3 Å². The molecule has 0 saturated heterocycles. The molecule has 2 atom stereocenters. The topological polar surface area (TPSA) is 55.5 Å². The fourth-order valence-corrected chi connectivity index (χ4v) is 2.25. The Balaban J connectivity index is 1.97. The first-order chi connectivity index (χ1) is 8.16. The summed E-state index contributed by atoms with van der Waals surface area (Å²) < 4.78 is 5.86. The van der Waals surface area contributed by atoms with E-state index in [-0.39, 0.29) is 6.04 Å². The molecule has 0 spiro atoms. The lowest BCUT2D eigenvalue weighted by Gasteiger charge is -2.16. The molecule has 0 bridgehead atoms. The monoisotopic (exact) mass is 235 g/mol. The predicted octanol–water partition coefficient (Wildman–Crippen LogP) is 2.39. The van der Waals surface area contributed by atoms with Crippen molar-refractivity contribution in [2.75, 3.05) is 0 Å². The van der Waals surface area contributed by atoms with Crippen LogP contribution in [0.1, 0.15) is 44.3 Å². The van der Waals surface area contributed by atoms with Crippen molar-refractivity contribution in [2.45, 2.75) is 50.9 Å². The molecule has 0 heterocycles. The second-order valence-corrected chi connectivity index (χ2v) is 4.90. The minimum absolute atomic E-state index is 0.253. The molecule has 1 aliphatic rings. The summed E-state index contributed by atoms with van der Waals surface area (Å²) >= 11 is 0. The van der Waals surface area contributed by atoms with E-state index in [1.807, 2.05) is 24.3 Å². The van der Waals surface area contributed by atoms with E-state index in [9.17, 15) is 5.11 Å². The summed E-state index contributed by atoms with van der Waals surface area (Å²) in [6.45, 7) is 1.80. The smallest absolute Gasteiger partial charge is 0.119 e. The third-order valence-electron chi connectivity index (χ3n) is 3.32. The number of hydrogen-bond donors (Lipinski definition) is 2. The molecule has 1 fully saturated rings. The summed E-state index contributed by atoms with van der Waals surface area (Å²) in [5.74, 6) is 0.887. The van der Waals surface area contributed by atoms with Gasteiger partial charge in [0.1, 0.15) is 5.75 Å². The Hall–Kier alpha value is -1.06. The largest absolute Gasteiger partial charge is 0.490 e. The standard InChI is InChI=1S/C14H21NO2/c1-10(15)14(16)11-6-8-13(9-7-11)17-12-4-2-3-5-12/h6-10,12,14,16H,2-5,15H2,1H3. The molecule has 3 N–H and O–H groups in total. The molecule has 1 aromatic carbocycles. The molecule has 0 radical (unpaired) electrons. The van der Waals surface area contributed by atoms with Crippen LogP contribution in [0.2, 0.25) is 0 Å². The summed E-state index contributed by atoms with van der Waals surface area (Å²) in [7, 11) is 0. The van der Waals surface area contributed by atoms with Crippen LogP contribution >= 0.6 is 0 Å². The Bertz CT molecular complexity index is 342. The first-order valence-corrected chi connectivity index (χ1v) is 6.37. The minimum atomic E-state index is -0.601. The average Bonchev–Trinajstić information content (AvgIpc) is 2.82. The zero-order chi connectivity index (χ0) is 12.3. The van der Waals surface area contributed by atoms with Crippen molar-refractivity contribution in [2.24, 2.45) is 5.73 Å². The van der Waals surface area contributed by atoms with Gasteiger partial charge in [0, 0.05) is 6.04 Å². The van der Waals surface area contributed by atoms with Gasteiger partial charge in [-0.1, -0.05) is 12.1 Å². The zero-order valence-corrected chi connectivity index (χ0v) is 10.3. The van der Waals surface area contributed by atoms with E-state index >= 15 is 0 Å². The second kappa shape index (κ2) is 5.52. The highest BCUT2D eigenvalue weighted by Crippen LogP contribution is 2.25. The molecule has 2 unspecified atom stereocenters. The second-order valence-electron chi connectivity index (χ2n) is 4.90. The third kappa shape index (κ3) is 3.20. The zero-order valence-electron chi connectivity index (χ0n) is 10.3. The Labute approximate surface area is 103 Å². The maximum absolute atomic E-state index is 9.81. The van der Waals surface area contributed by atoms with Gasteiger partial charge in [0.05, 0.1) is 12.2 Å². The van der Waals surface area contributed by atoms with Crippen LogP contribution in [-0.2, 0) is 0 Å². The molecule has 1 aliphatic carbocycles. The number of rotatable bonds is 4. The van der Waals surface area contributed by atoms with Crippen molar-refractivity contribution in [3.05, 3.63) is 29.8 Å². The van der Waals surface area contributed by atoms with Gasteiger partial charge in [0.25, 0.3) is 0 Å². The molecule has 0 aliphatic heterocycles. The van der Waals surface area contributed by atoms with E-state index < -0.39 is 6.10 Å². The lowest BCUT2D eigenvalue weighted by atomic mass is 10.0. The van der Waals surface area contributed by atoms with E-state index in [0.29, 0.717) is 6.10 Å². The van der Waals surface area contributed by atoms with E-state index in [0.717, 1.165) is 24.2 Å². The summed E-state index contributed by atoms with van der Waals surface area (Å²) in [5.41, 5.74) is 6.50. The molecule has 94 valence electrons. The van der Waals surface area contributed by atoms with Crippen molar-refractivity contribution in [3.63, 3.8) is 0 Å². The molecule has 0 aromatic heterocycles. The Kier molecular flexibility index (Phi) is 4.02. The van der Waals surface area contributed by atoms with Crippen LogP contribution < -0.4 is 10.5 Å². The van der Waals surface area contributed by atoms with E-state index in [2.05, 4.69) is 0 Å². The summed E-state index contributed by atoms with van der Waals surface area (Å²) in [5, 5.41) is 9.81. The first kappa shape index (κ1) is 12.4. The lowest BCUT2D eigenvalue weighted by Crippen LogP contribution is -2.24. The van der Waals surface area contributed by atoms with Gasteiger partial charge in [-0.3, -0.25) is 0 Å². The van der Waals surface area contributed by atoms with Crippen LogP contribution in [0.3, 0.4) is 0 Å². The molecule has 17 heavy (non-hydrogen) atoms. The van der Waals surface area contributed by atoms with Gasteiger partial charge in [-0.05, 0) is 50.3 Å². The fraction of sp³-hybridized carbons (Fsp3) is 0.571. The highest BCUT2D eigenvalue weighted by Gasteiger charge is 2.17. The highest BCUT2D eigenvalue weighted by atomic mass is 16.5. The highest BCUT2D eigenvalue weighted by molar-refractivity contribution is 5.29. The van der Waals surface area contributed by atoms with Gasteiger partial charge in [-0.25, -0.2) is 0 Å². The molecular formula is C14H21NO2. The quantitative estimate of drug-likeness (QED) is 0.842. The summed E-state index contributed by atoms with van der Waals surface area (Å²) in [6, 6.07) is 7.35. The van der Waals surface area contributed by atoms with Crippen molar-refractivity contribution in [3.8, 4) is 5.75 Å². The first-order valence-electron chi connectivity index (χ1n) is 6.37. The van der Waals surface area contributed by atoms with Crippen molar-refractivity contribution >= 4 is 0 Å². The maximum atomic E-state index is 9.81. The number of ether oxygens (including phenoxy) is 1. The normalized spacial score (nSPS) is 20.2. The lowest BCUT2D eigenvalue weighted by molar-refractivity contribution is 0.153. The number of aliphatic hydroxyl groups excluding tert-OH is 1. The molecule has 0 amide bonds. The summed E-state index contributed by atoms with van der Waals surface area (Å²) in [4.78, 5) is 0. The Morgan fingerprint density at radius 2 is 1.82 bits per heavy atom. The van der Waals surface area contributed by atoms with Crippen LogP contribution in [0.5, 0.6) is 5.75 Å². The molecule has 1 aromatic rings. The van der Waals surface area contributed by atoms with E-state index in [1.54, 1.807) is 6.92 Å². The number of aliphatic hydroxyl groups is 1. The molecule has 3 nitrogen and oxygen atoms in total. The summed E-state index contributed by atoms with van der Waals surface area (Å²) in [6.07, 6.45) is 4.63. The van der Waals surface area contributed by atoms with Gasteiger partial charge < -0.3 is 15.6 Å². The minimum Gasteiger partial charge on any atom is -0.490 e. The molecule has 1 saturated carbocycles. The third-order valence-corrected chi connectivity index (χ3v) is 3.32. The van der Waals surface area contributed by atoms with Crippen molar-refractivity contribution in [1.29, 1.82) is 0 Å². The number of nitrogens with two attached hydrogens (primary N) is 1. The van der Waals surface area contributed by atoms with Gasteiger partial charge >= 0.3 is 0 Å². The predicted molar refractivity (Wildman–Crippen MR) is 67.9 cm³/mol. The molecule has 3 heteroatoms. The van der Waals surface area contributed by atoms with Crippen LogP contribution in [0, 0.1) is 0 Å². The van der Waals surface area contributed by atoms with Crippen molar-refractivity contribution in [1.82, 2.24) is 0 Å². The number of benzene rings is 1. The van der Waals surface area contributed by atoms with Crippen LogP contribution in [0.4, 0.5) is 0 Å². The van der Waals surface area contributed by atoms with Gasteiger partial charge in [0.15, 0.2) is 0 Å². The number of hydrogen-bond acceptors (Lipinski definition) is 3. The SMILES string of the molecule is CC(N)C(O)c1ccc(OC2CCCC2)cc1. The van der Waals surface area contributed by atoms with Gasteiger partial charge in [-0.15, -0.1) is 0 Å². The molecular weight excluding hydrogens is 214 g/mol. The average molecular weight is 235 g/mol. The van der Waals surface area contributed by atoms with E-state index in [4.69, 9.17) is 10.5 Å². The Morgan fingerprint density at radius 3 is 2.35 bits per heavy atom. The fourth-order valence-electron chi connectivity index (χ4n) is 2.25. The Morgan fingerprint density at radius 1 is 1.24 bits per heavy atom. The van der Waals surface area contributed by atoms with Crippen molar-refractivity contribution < 1.29 is 9.84 Å². The van der Waals surface area contributed by atoms with Crippen LogP contribution in [-0.4, -0.2) is 17.3 Å². The van der Waals surface area contributed by atoms with Gasteiger partial charge in [0.2, 0.25) is 0 Å². The molecule has 2 rings (SSSR count). The maximum Gasteiger partial charge on any atom is 0.119 e.